The predicted octanol–water partition coefficient (Wildman–Crippen LogP) is 10.7. The Morgan fingerprint density at radius 1 is 0.286 bits per heavy atom. The predicted molar refractivity (Wildman–Crippen MR) is 178 cm³/mol. The van der Waals surface area contributed by atoms with Crippen molar-refractivity contribution in [1.29, 1.82) is 0 Å². The minimum absolute atomic E-state index is 1.17. The van der Waals surface area contributed by atoms with E-state index in [1.807, 2.05) is 0 Å². The van der Waals surface area contributed by atoms with Gasteiger partial charge in [-0.1, -0.05) is 109 Å². The Morgan fingerprint density at radius 3 is 1.52 bits per heavy atom. The molecule has 0 fully saturated rings. The van der Waals surface area contributed by atoms with E-state index < -0.39 is 0 Å². The zero-order chi connectivity index (χ0) is 27.6. The lowest BCUT2D eigenvalue weighted by atomic mass is 10.1. The summed E-state index contributed by atoms with van der Waals surface area (Å²) in [7, 11) is 0. The smallest absolute Gasteiger partial charge is 0.0548 e. The van der Waals surface area contributed by atoms with Gasteiger partial charge in [0.05, 0.1) is 22.1 Å². The highest BCUT2D eigenvalue weighted by atomic mass is 15.0. The van der Waals surface area contributed by atoms with Gasteiger partial charge in [-0.2, -0.15) is 0 Å². The number of benzene rings is 7. The normalized spacial score (nSPS) is 11.8. The molecule has 9 rings (SSSR count). The zero-order valence-corrected chi connectivity index (χ0v) is 22.9. The molecule has 0 bridgehead atoms. The summed E-state index contributed by atoms with van der Waals surface area (Å²) in [6.45, 7) is 0. The molecule has 0 saturated heterocycles. The van der Waals surface area contributed by atoms with Gasteiger partial charge < -0.3 is 9.13 Å². The van der Waals surface area contributed by atoms with Crippen molar-refractivity contribution >= 4 is 54.4 Å². The van der Waals surface area contributed by atoms with Crippen LogP contribution in [0.3, 0.4) is 0 Å². The van der Waals surface area contributed by atoms with Gasteiger partial charge in [-0.3, -0.25) is 0 Å². The fourth-order valence-corrected chi connectivity index (χ4v) is 6.76. The van der Waals surface area contributed by atoms with Gasteiger partial charge in [0.1, 0.15) is 0 Å². The first-order valence-corrected chi connectivity index (χ1v) is 14.4. The van der Waals surface area contributed by atoms with E-state index in [1.165, 1.54) is 76.9 Å². The van der Waals surface area contributed by atoms with Crippen LogP contribution in [0.1, 0.15) is 0 Å². The van der Waals surface area contributed by atoms with Gasteiger partial charge in [-0.25, -0.2) is 0 Å². The molecule has 9 aromatic rings. The first-order valence-electron chi connectivity index (χ1n) is 14.4. The summed E-state index contributed by atoms with van der Waals surface area (Å²) in [5.41, 5.74) is 9.66. The van der Waals surface area contributed by atoms with Crippen LogP contribution in [0, 0.1) is 0 Å². The highest BCUT2D eigenvalue weighted by Gasteiger charge is 2.18. The van der Waals surface area contributed by atoms with Crippen LogP contribution in [0.25, 0.3) is 76.9 Å². The van der Waals surface area contributed by atoms with E-state index in [0.717, 1.165) is 0 Å². The SMILES string of the molecule is c1ccc(-c2cccc(-n3c4ccccc4c4cc5c(cc43)c3ccccc3n5-c3ccc4ccccc4c3)c2)cc1. The topological polar surface area (TPSA) is 9.86 Å². The molecule has 2 nitrogen and oxygen atoms in total. The molecule has 0 saturated carbocycles. The van der Waals surface area contributed by atoms with Crippen LogP contribution in [0.15, 0.2) is 158 Å². The summed E-state index contributed by atoms with van der Waals surface area (Å²) in [5.74, 6) is 0. The molecule has 2 aromatic heterocycles. The lowest BCUT2D eigenvalue weighted by molar-refractivity contribution is 1.18. The van der Waals surface area contributed by atoms with Gasteiger partial charge in [-0.15, -0.1) is 0 Å². The van der Waals surface area contributed by atoms with Crippen LogP contribution in [-0.2, 0) is 0 Å². The van der Waals surface area contributed by atoms with Crippen molar-refractivity contribution in [2.24, 2.45) is 0 Å². The van der Waals surface area contributed by atoms with E-state index in [9.17, 15) is 0 Å². The Hall–Kier alpha value is -5.60. The second kappa shape index (κ2) is 8.95. The molecular formula is C40H26N2. The molecule has 7 aromatic carbocycles. The van der Waals surface area contributed by atoms with Crippen molar-refractivity contribution in [1.82, 2.24) is 9.13 Å². The summed E-state index contributed by atoms with van der Waals surface area (Å²) >= 11 is 0. The van der Waals surface area contributed by atoms with Crippen molar-refractivity contribution < 1.29 is 0 Å². The first kappa shape index (κ1) is 23.1. The molecular weight excluding hydrogens is 508 g/mol. The molecule has 0 aliphatic rings. The van der Waals surface area contributed by atoms with E-state index in [-0.39, 0.29) is 0 Å². The Morgan fingerprint density at radius 2 is 0.833 bits per heavy atom. The van der Waals surface area contributed by atoms with Crippen LogP contribution < -0.4 is 0 Å². The Balaban J connectivity index is 1.37. The molecule has 2 heterocycles. The van der Waals surface area contributed by atoms with Gasteiger partial charge in [0.25, 0.3) is 0 Å². The molecule has 0 N–H and O–H groups in total. The summed E-state index contributed by atoms with van der Waals surface area (Å²) < 4.78 is 4.86. The molecule has 0 amide bonds. The van der Waals surface area contributed by atoms with Crippen LogP contribution in [0.2, 0.25) is 0 Å². The highest BCUT2D eigenvalue weighted by molar-refractivity contribution is 6.19. The Bertz CT molecular complexity index is 2460. The van der Waals surface area contributed by atoms with Crippen molar-refractivity contribution in [3.05, 3.63) is 158 Å². The minimum Gasteiger partial charge on any atom is -0.309 e. The summed E-state index contributed by atoms with van der Waals surface area (Å²) in [4.78, 5) is 0. The molecule has 0 atom stereocenters. The van der Waals surface area contributed by atoms with E-state index in [1.54, 1.807) is 0 Å². The van der Waals surface area contributed by atoms with E-state index in [2.05, 4.69) is 167 Å². The maximum Gasteiger partial charge on any atom is 0.0548 e. The summed E-state index contributed by atoms with van der Waals surface area (Å²) in [5, 5.41) is 7.54. The Kier molecular flexibility index (Phi) is 4.93. The molecule has 0 radical (unpaired) electrons. The van der Waals surface area contributed by atoms with Crippen LogP contribution in [-0.4, -0.2) is 9.13 Å². The van der Waals surface area contributed by atoms with Crippen molar-refractivity contribution in [3.63, 3.8) is 0 Å². The lowest BCUT2D eigenvalue weighted by Crippen LogP contribution is -1.95. The third kappa shape index (κ3) is 3.39. The maximum atomic E-state index is 2.43. The number of para-hydroxylation sites is 2. The van der Waals surface area contributed by atoms with Crippen LogP contribution in [0.5, 0.6) is 0 Å². The molecule has 0 unspecified atom stereocenters. The van der Waals surface area contributed by atoms with Crippen LogP contribution in [0.4, 0.5) is 0 Å². The molecule has 2 heteroatoms. The molecule has 0 aliphatic carbocycles. The maximum absolute atomic E-state index is 2.43. The Labute approximate surface area is 243 Å². The number of aromatic nitrogens is 2. The quantitative estimate of drug-likeness (QED) is 0.213. The lowest BCUT2D eigenvalue weighted by Gasteiger charge is -2.11. The van der Waals surface area contributed by atoms with E-state index in [4.69, 9.17) is 0 Å². The van der Waals surface area contributed by atoms with Gasteiger partial charge in [0, 0.05) is 32.9 Å². The fraction of sp³-hybridized carbons (Fsp3) is 0. The number of hydrogen-bond donors (Lipinski definition) is 0. The first-order chi connectivity index (χ1) is 20.8. The third-order valence-corrected chi connectivity index (χ3v) is 8.67. The molecule has 0 spiro atoms. The summed E-state index contributed by atoms with van der Waals surface area (Å²) in [6, 6.07) is 57.3. The third-order valence-electron chi connectivity index (χ3n) is 8.67. The second-order valence-corrected chi connectivity index (χ2v) is 11.0. The fourth-order valence-electron chi connectivity index (χ4n) is 6.76. The largest absolute Gasteiger partial charge is 0.309 e. The van der Waals surface area contributed by atoms with Gasteiger partial charge in [0.2, 0.25) is 0 Å². The number of fused-ring (bicyclic) bond motifs is 7. The minimum atomic E-state index is 1.17. The highest BCUT2D eigenvalue weighted by Crippen LogP contribution is 2.40. The van der Waals surface area contributed by atoms with Gasteiger partial charge in [0.15, 0.2) is 0 Å². The standard InChI is InChI=1S/C40H26N2/c1-2-11-27(12-3-1)30-15-10-16-31(23-30)41-37-19-8-6-17-33(37)35-26-40-36(25-39(35)41)34-18-7-9-20-38(34)42(40)32-22-21-28-13-4-5-14-29(28)24-32/h1-26H. The second-order valence-electron chi connectivity index (χ2n) is 11.0. The zero-order valence-electron chi connectivity index (χ0n) is 22.9. The van der Waals surface area contributed by atoms with Crippen LogP contribution >= 0.6 is 0 Å². The number of hydrogen-bond acceptors (Lipinski definition) is 0. The van der Waals surface area contributed by atoms with Crippen molar-refractivity contribution in [2.45, 2.75) is 0 Å². The van der Waals surface area contributed by atoms with Crippen molar-refractivity contribution in [2.75, 3.05) is 0 Å². The average Bonchev–Trinajstić information content (AvgIpc) is 3.56. The van der Waals surface area contributed by atoms with E-state index in [0.29, 0.717) is 0 Å². The van der Waals surface area contributed by atoms with Gasteiger partial charge >= 0.3 is 0 Å². The molecule has 0 aliphatic heterocycles. The summed E-state index contributed by atoms with van der Waals surface area (Å²) in [6.07, 6.45) is 0. The number of rotatable bonds is 3. The van der Waals surface area contributed by atoms with Gasteiger partial charge in [-0.05, 0) is 70.4 Å². The number of nitrogens with zero attached hydrogens (tertiary/aromatic N) is 2. The molecule has 196 valence electrons. The van der Waals surface area contributed by atoms with E-state index >= 15 is 0 Å². The van der Waals surface area contributed by atoms with Crippen molar-refractivity contribution in [3.8, 4) is 22.5 Å². The molecule has 42 heavy (non-hydrogen) atoms. The average molecular weight is 535 g/mol. The monoisotopic (exact) mass is 534 g/mol.